The van der Waals surface area contributed by atoms with E-state index in [0.29, 0.717) is 19.0 Å². The van der Waals surface area contributed by atoms with E-state index in [-0.39, 0.29) is 5.41 Å². The van der Waals surface area contributed by atoms with Crippen molar-refractivity contribution in [2.45, 2.75) is 38.7 Å². The lowest BCUT2D eigenvalue weighted by molar-refractivity contribution is -0.0112. The Kier molecular flexibility index (Phi) is 3.71. The molecule has 0 saturated carbocycles. The molecule has 2 heterocycles. The highest BCUT2D eigenvalue weighted by Gasteiger charge is 2.47. The van der Waals surface area contributed by atoms with Gasteiger partial charge in [-0.2, -0.15) is 16.7 Å². The summed E-state index contributed by atoms with van der Waals surface area (Å²) in [7, 11) is 0. The Bertz CT molecular complexity index is 401. The van der Waals surface area contributed by atoms with Gasteiger partial charge in [-0.25, -0.2) is 0 Å². The summed E-state index contributed by atoms with van der Waals surface area (Å²) >= 11 is 1.67. The van der Waals surface area contributed by atoms with Crippen molar-refractivity contribution in [3.8, 4) is 0 Å². The molecule has 6 heteroatoms. The van der Waals surface area contributed by atoms with Crippen LogP contribution in [0.3, 0.4) is 0 Å². The number of likely N-dealkylation sites (tertiary alicyclic amines) is 1. The summed E-state index contributed by atoms with van der Waals surface area (Å²) < 4.78 is 5.22. The second-order valence-electron chi connectivity index (χ2n) is 5.84. The Hall–Kier alpha value is -0.590. The summed E-state index contributed by atoms with van der Waals surface area (Å²) in [5.41, 5.74) is -0.787. The Morgan fingerprint density at radius 1 is 1.39 bits per heavy atom. The van der Waals surface area contributed by atoms with Gasteiger partial charge in [0, 0.05) is 18.5 Å². The SMILES string of the molecule is CSCc1noc(CN2CC(C)(C)[C@@](C)(O)C2)n1. The third-order valence-corrected chi connectivity index (χ3v) is 4.30. The van der Waals surface area contributed by atoms with E-state index in [4.69, 9.17) is 4.52 Å². The normalized spacial score (nSPS) is 27.8. The van der Waals surface area contributed by atoms with Crippen LogP contribution in [0.4, 0.5) is 0 Å². The molecule has 1 atom stereocenters. The minimum absolute atomic E-state index is 0.116. The van der Waals surface area contributed by atoms with E-state index in [1.165, 1.54) is 0 Å². The highest BCUT2D eigenvalue weighted by atomic mass is 32.2. The monoisotopic (exact) mass is 271 g/mol. The number of thioether (sulfide) groups is 1. The highest BCUT2D eigenvalue weighted by Crippen LogP contribution is 2.38. The van der Waals surface area contributed by atoms with Crippen LogP contribution in [0.1, 0.15) is 32.5 Å². The zero-order valence-corrected chi connectivity index (χ0v) is 12.3. The summed E-state index contributed by atoms with van der Waals surface area (Å²) in [4.78, 5) is 6.50. The third kappa shape index (κ3) is 2.70. The molecule has 1 aromatic heterocycles. The predicted molar refractivity (Wildman–Crippen MR) is 71.2 cm³/mol. The molecule has 102 valence electrons. The molecule has 0 unspecified atom stereocenters. The number of hydrogen-bond donors (Lipinski definition) is 1. The van der Waals surface area contributed by atoms with Crippen molar-refractivity contribution < 1.29 is 9.63 Å². The minimum atomic E-state index is -0.672. The standard InChI is InChI=1S/C12H21N3O2S/c1-11(2)7-15(8-12(11,3)16)5-10-13-9(6-18-4)14-17-10/h16H,5-8H2,1-4H3/t12-/m0/s1. The van der Waals surface area contributed by atoms with Gasteiger partial charge in [-0.15, -0.1) is 0 Å². The lowest BCUT2D eigenvalue weighted by atomic mass is 9.79. The molecule has 0 spiro atoms. The van der Waals surface area contributed by atoms with Crippen molar-refractivity contribution in [1.29, 1.82) is 0 Å². The van der Waals surface area contributed by atoms with Gasteiger partial charge in [-0.3, -0.25) is 4.90 Å². The first-order valence-corrected chi connectivity index (χ1v) is 7.48. The van der Waals surface area contributed by atoms with Gasteiger partial charge in [-0.1, -0.05) is 19.0 Å². The largest absolute Gasteiger partial charge is 0.388 e. The van der Waals surface area contributed by atoms with Crippen molar-refractivity contribution in [3.05, 3.63) is 11.7 Å². The van der Waals surface area contributed by atoms with Crippen molar-refractivity contribution in [3.63, 3.8) is 0 Å². The van der Waals surface area contributed by atoms with Gasteiger partial charge >= 0.3 is 0 Å². The average Bonchev–Trinajstić information content (AvgIpc) is 2.71. The van der Waals surface area contributed by atoms with Gasteiger partial charge in [0.1, 0.15) is 0 Å². The number of aromatic nitrogens is 2. The van der Waals surface area contributed by atoms with Crippen LogP contribution in [0.15, 0.2) is 4.52 Å². The predicted octanol–water partition coefficient (Wildman–Crippen LogP) is 1.53. The van der Waals surface area contributed by atoms with Crippen LogP contribution in [0.2, 0.25) is 0 Å². The number of β-amino-alcohol motifs (C(OH)–C–C–N with tert-alkyl or cyclic N) is 1. The first-order chi connectivity index (χ1) is 8.34. The van der Waals surface area contributed by atoms with Crippen LogP contribution >= 0.6 is 11.8 Å². The molecule has 0 radical (unpaired) electrons. The molecule has 0 aromatic carbocycles. The van der Waals surface area contributed by atoms with Gasteiger partial charge in [0.15, 0.2) is 5.82 Å². The fraction of sp³-hybridized carbons (Fsp3) is 0.833. The maximum absolute atomic E-state index is 10.3. The van der Waals surface area contributed by atoms with Crippen LogP contribution < -0.4 is 0 Å². The van der Waals surface area contributed by atoms with Crippen LogP contribution in [0.5, 0.6) is 0 Å². The maximum Gasteiger partial charge on any atom is 0.240 e. The summed E-state index contributed by atoms with van der Waals surface area (Å²) in [6, 6.07) is 0. The van der Waals surface area contributed by atoms with Crippen LogP contribution in [-0.2, 0) is 12.3 Å². The van der Waals surface area contributed by atoms with Crippen LogP contribution in [-0.4, -0.2) is 45.1 Å². The fourth-order valence-electron chi connectivity index (χ4n) is 2.28. The van der Waals surface area contributed by atoms with E-state index in [9.17, 15) is 5.11 Å². The molecule has 1 saturated heterocycles. The van der Waals surface area contributed by atoms with Gasteiger partial charge in [0.2, 0.25) is 5.89 Å². The maximum atomic E-state index is 10.3. The van der Waals surface area contributed by atoms with Crippen molar-refractivity contribution >= 4 is 11.8 Å². The molecule has 5 nitrogen and oxygen atoms in total. The topological polar surface area (TPSA) is 62.4 Å². The smallest absolute Gasteiger partial charge is 0.240 e. The number of hydrogen-bond acceptors (Lipinski definition) is 6. The highest BCUT2D eigenvalue weighted by molar-refractivity contribution is 7.97. The number of aliphatic hydroxyl groups is 1. The van der Waals surface area contributed by atoms with Crippen LogP contribution in [0, 0.1) is 5.41 Å². The lowest BCUT2D eigenvalue weighted by Gasteiger charge is -2.31. The van der Waals surface area contributed by atoms with Gasteiger partial charge in [0.05, 0.1) is 17.9 Å². The molecule has 1 aliphatic heterocycles. The molecule has 1 N–H and O–H groups in total. The molecule has 18 heavy (non-hydrogen) atoms. The first kappa shape index (κ1) is 13.8. The summed E-state index contributed by atoms with van der Waals surface area (Å²) in [6.07, 6.45) is 2.01. The zero-order chi connectivity index (χ0) is 13.4. The molecule has 1 aromatic rings. The lowest BCUT2D eigenvalue weighted by Crippen LogP contribution is -2.40. The van der Waals surface area contributed by atoms with E-state index in [1.54, 1.807) is 11.8 Å². The quantitative estimate of drug-likeness (QED) is 0.896. The zero-order valence-electron chi connectivity index (χ0n) is 11.4. The Labute approximate surface area is 112 Å². The van der Waals surface area contributed by atoms with E-state index in [0.717, 1.165) is 18.1 Å². The van der Waals surface area contributed by atoms with Gasteiger partial charge < -0.3 is 9.63 Å². The Balaban J connectivity index is 1.99. The molecule has 0 aliphatic carbocycles. The molecule has 0 bridgehead atoms. The summed E-state index contributed by atoms with van der Waals surface area (Å²) in [5.74, 6) is 2.14. The fourth-order valence-corrected chi connectivity index (χ4v) is 2.66. The molecule has 0 amide bonds. The Morgan fingerprint density at radius 2 is 2.11 bits per heavy atom. The third-order valence-electron chi connectivity index (χ3n) is 3.75. The van der Waals surface area contributed by atoms with E-state index in [1.807, 2.05) is 13.2 Å². The first-order valence-electron chi connectivity index (χ1n) is 6.09. The molecule has 1 aliphatic rings. The molecular formula is C12H21N3O2S. The van der Waals surface area contributed by atoms with Gasteiger partial charge in [-0.05, 0) is 13.2 Å². The van der Waals surface area contributed by atoms with Crippen molar-refractivity contribution in [2.75, 3.05) is 19.3 Å². The molecular weight excluding hydrogens is 250 g/mol. The second-order valence-corrected chi connectivity index (χ2v) is 6.71. The summed E-state index contributed by atoms with van der Waals surface area (Å²) in [6.45, 7) is 8.14. The number of nitrogens with zero attached hydrogens (tertiary/aromatic N) is 3. The van der Waals surface area contributed by atoms with E-state index in [2.05, 4.69) is 28.9 Å². The molecule has 1 fully saturated rings. The van der Waals surface area contributed by atoms with Crippen LogP contribution in [0.25, 0.3) is 0 Å². The van der Waals surface area contributed by atoms with Crippen molar-refractivity contribution in [1.82, 2.24) is 15.0 Å². The molecule has 2 rings (SSSR count). The van der Waals surface area contributed by atoms with Gasteiger partial charge in [0.25, 0.3) is 0 Å². The summed E-state index contributed by atoms with van der Waals surface area (Å²) in [5, 5.41) is 14.3. The minimum Gasteiger partial charge on any atom is -0.388 e. The van der Waals surface area contributed by atoms with E-state index < -0.39 is 5.60 Å². The van der Waals surface area contributed by atoms with Crippen molar-refractivity contribution in [2.24, 2.45) is 5.41 Å². The second kappa shape index (κ2) is 4.83. The Morgan fingerprint density at radius 3 is 2.67 bits per heavy atom. The number of rotatable bonds is 4. The van der Waals surface area contributed by atoms with E-state index >= 15 is 0 Å². The average molecular weight is 271 g/mol.